The number of benzene rings is 2. The highest BCUT2D eigenvalue weighted by Gasteiger charge is 2.31. The van der Waals surface area contributed by atoms with Gasteiger partial charge in [0.05, 0.1) is 22.8 Å². The second kappa shape index (κ2) is 11.9. The normalized spacial score (nSPS) is 15.1. The van der Waals surface area contributed by atoms with Crippen molar-refractivity contribution in [3.8, 4) is 22.5 Å². The Kier molecular flexibility index (Phi) is 8.42. The van der Waals surface area contributed by atoms with E-state index in [1.807, 2.05) is 6.26 Å². The van der Waals surface area contributed by atoms with Crippen LogP contribution in [0.3, 0.4) is 0 Å². The quantitative estimate of drug-likeness (QED) is 0.180. The molecule has 42 heavy (non-hydrogen) atoms. The van der Waals surface area contributed by atoms with Gasteiger partial charge in [0.25, 0.3) is 5.70 Å². The molecule has 0 N–H and O–H groups in total. The summed E-state index contributed by atoms with van der Waals surface area (Å²) in [6, 6.07) is 27.2. The van der Waals surface area contributed by atoms with E-state index >= 15 is 0 Å². The van der Waals surface area contributed by atoms with Crippen molar-refractivity contribution in [2.45, 2.75) is 98.1 Å². The molecule has 1 aliphatic heterocycles. The molecule has 0 spiro atoms. The summed E-state index contributed by atoms with van der Waals surface area (Å²) in [6.07, 6.45) is 9.62. The summed E-state index contributed by atoms with van der Waals surface area (Å²) >= 11 is 0. The first kappa shape index (κ1) is 29.8. The maximum Gasteiger partial charge on any atom is 0.254 e. The minimum Gasteiger partial charge on any atom is -0.491 e. The molecule has 218 valence electrons. The molecule has 3 nitrogen and oxygen atoms in total. The van der Waals surface area contributed by atoms with Crippen LogP contribution in [-0.2, 0) is 28.5 Å². The molecule has 1 atom stereocenters. The van der Waals surface area contributed by atoms with Crippen LogP contribution in [0.2, 0.25) is 0 Å². The van der Waals surface area contributed by atoms with E-state index in [1.54, 1.807) is 0 Å². The number of rotatable bonds is 4. The number of ether oxygens (including phenoxy) is 1. The Morgan fingerprint density at radius 2 is 1.40 bits per heavy atom. The van der Waals surface area contributed by atoms with Crippen molar-refractivity contribution >= 4 is 5.70 Å². The third kappa shape index (κ3) is 6.21. The fraction of sp³-hybridized carbons (Fsp3) is 0.385. The smallest absolute Gasteiger partial charge is 0.254 e. The summed E-state index contributed by atoms with van der Waals surface area (Å²) in [7, 11) is 0. The van der Waals surface area contributed by atoms with Crippen LogP contribution in [0.1, 0.15) is 90.5 Å². The van der Waals surface area contributed by atoms with Crippen LogP contribution in [0, 0.1) is 0 Å². The summed E-state index contributed by atoms with van der Waals surface area (Å²) in [6.45, 7) is 19.0. The highest BCUT2D eigenvalue weighted by Crippen LogP contribution is 2.35. The van der Waals surface area contributed by atoms with Gasteiger partial charge in [-0.3, -0.25) is 0 Å². The average Bonchev–Trinajstić information content (AvgIpc) is 2.97. The maximum absolute atomic E-state index is 6.51. The molecule has 5 rings (SSSR count). The largest absolute Gasteiger partial charge is 0.491 e. The molecular weight excluding hydrogens is 512 g/mol. The molecule has 0 fully saturated rings. The first-order valence-corrected chi connectivity index (χ1v) is 15.6. The predicted molar refractivity (Wildman–Crippen MR) is 174 cm³/mol. The average molecular weight is 561 g/mol. The molecule has 3 heteroatoms. The zero-order valence-corrected chi connectivity index (χ0v) is 26.9. The lowest BCUT2D eigenvalue weighted by Crippen LogP contribution is -2.37. The van der Waals surface area contributed by atoms with Gasteiger partial charge in [0.1, 0.15) is 0 Å². The molecule has 0 radical (unpaired) electrons. The van der Waals surface area contributed by atoms with Gasteiger partial charge in [-0.05, 0) is 71.2 Å². The topological polar surface area (TPSA) is 17.0 Å². The van der Waals surface area contributed by atoms with E-state index in [0.717, 1.165) is 31.5 Å². The Morgan fingerprint density at radius 3 is 2.10 bits per heavy atom. The molecule has 3 heterocycles. The van der Waals surface area contributed by atoms with Gasteiger partial charge in [-0.15, -0.1) is 0 Å². The zero-order valence-electron chi connectivity index (χ0n) is 26.9. The predicted octanol–water partition coefficient (Wildman–Crippen LogP) is 8.80. The van der Waals surface area contributed by atoms with Crippen LogP contribution < -0.4 is 9.13 Å². The van der Waals surface area contributed by atoms with Crippen molar-refractivity contribution < 1.29 is 13.9 Å². The zero-order chi connectivity index (χ0) is 30.1. The standard InChI is InChI=1S/C39H48N2O/c1-9-14-28(2)42-27-37-34-26-31(39(6,7)8)18-20-33(34)35-15-10-12-22-40(35)24-21-29-25-30(38(3,4)5)17-19-32(29)36-16-11-13-23-41(36)37/h10-13,15-20,22-23,25-28H,9,14,21,24H2,1-8H3/q+2. The Morgan fingerprint density at radius 1 is 0.762 bits per heavy atom. The van der Waals surface area contributed by atoms with E-state index in [4.69, 9.17) is 4.74 Å². The van der Waals surface area contributed by atoms with Crippen molar-refractivity contribution in [1.29, 1.82) is 0 Å². The highest BCUT2D eigenvalue weighted by molar-refractivity contribution is 5.77. The van der Waals surface area contributed by atoms with Crippen LogP contribution in [-0.4, -0.2) is 6.10 Å². The third-order valence-corrected chi connectivity index (χ3v) is 8.47. The van der Waals surface area contributed by atoms with Gasteiger partial charge in [0, 0.05) is 30.7 Å². The van der Waals surface area contributed by atoms with Crippen LogP contribution >= 0.6 is 0 Å². The first-order valence-electron chi connectivity index (χ1n) is 15.6. The van der Waals surface area contributed by atoms with Crippen molar-refractivity contribution in [3.05, 3.63) is 114 Å². The van der Waals surface area contributed by atoms with Crippen molar-refractivity contribution in [3.63, 3.8) is 0 Å². The molecule has 2 aromatic heterocycles. The van der Waals surface area contributed by atoms with Gasteiger partial charge in [0.2, 0.25) is 11.4 Å². The van der Waals surface area contributed by atoms with E-state index in [9.17, 15) is 0 Å². The van der Waals surface area contributed by atoms with E-state index in [1.165, 1.54) is 44.8 Å². The van der Waals surface area contributed by atoms with Gasteiger partial charge in [0.15, 0.2) is 25.2 Å². The van der Waals surface area contributed by atoms with Gasteiger partial charge in [-0.1, -0.05) is 73.1 Å². The Balaban J connectivity index is 1.87. The van der Waals surface area contributed by atoms with Crippen molar-refractivity contribution in [1.82, 2.24) is 0 Å². The molecule has 4 aromatic rings. The lowest BCUT2D eigenvalue weighted by Gasteiger charge is -2.21. The van der Waals surface area contributed by atoms with Gasteiger partial charge in [-0.2, -0.15) is 9.13 Å². The van der Waals surface area contributed by atoms with E-state index < -0.39 is 0 Å². The molecule has 0 bridgehead atoms. The van der Waals surface area contributed by atoms with E-state index in [2.05, 4.69) is 150 Å². The second-order valence-electron chi connectivity index (χ2n) is 13.9. The molecule has 2 aromatic carbocycles. The number of hydrogen-bond donors (Lipinski definition) is 0. The molecule has 1 aliphatic rings. The Hall–Kier alpha value is -3.72. The SMILES string of the molecule is CCCC(C)OC=C1c2cc(C(C)(C)C)ccc2-c2cccc[n+]2CCc2cc(C(C)(C)C)ccc2-c2cccc[n+]21. The fourth-order valence-electron chi connectivity index (χ4n) is 5.90. The van der Waals surface area contributed by atoms with Crippen molar-refractivity contribution in [2.24, 2.45) is 0 Å². The summed E-state index contributed by atoms with van der Waals surface area (Å²) in [4.78, 5) is 0. The molecular formula is C39H48N2O+2. The maximum atomic E-state index is 6.51. The van der Waals surface area contributed by atoms with Crippen LogP contribution in [0.15, 0.2) is 91.5 Å². The Labute approximate surface area is 253 Å². The number of hydrogen-bond acceptors (Lipinski definition) is 1. The summed E-state index contributed by atoms with van der Waals surface area (Å²) in [5.41, 5.74) is 11.2. The number of fused-ring (bicyclic) bond motifs is 6. The fourth-order valence-corrected chi connectivity index (χ4v) is 5.90. The summed E-state index contributed by atoms with van der Waals surface area (Å²) in [5.74, 6) is 0. The minimum absolute atomic E-state index is 0.00943. The van der Waals surface area contributed by atoms with Gasteiger partial charge < -0.3 is 4.74 Å². The van der Waals surface area contributed by atoms with Crippen LogP contribution in [0.25, 0.3) is 28.2 Å². The van der Waals surface area contributed by atoms with Crippen molar-refractivity contribution in [2.75, 3.05) is 0 Å². The van der Waals surface area contributed by atoms with Crippen LogP contribution in [0.4, 0.5) is 0 Å². The molecule has 0 aliphatic carbocycles. The molecule has 0 saturated carbocycles. The number of nitrogens with zero attached hydrogens (tertiary/aromatic N) is 2. The monoisotopic (exact) mass is 560 g/mol. The summed E-state index contributed by atoms with van der Waals surface area (Å²) in [5, 5.41) is 0. The number of aromatic nitrogens is 2. The first-order chi connectivity index (χ1) is 20.0. The van der Waals surface area contributed by atoms with E-state index in [0.29, 0.717) is 0 Å². The van der Waals surface area contributed by atoms with Gasteiger partial charge in [-0.25, -0.2) is 0 Å². The third-order valence-electron chi connectivity index (χ3n) is 8.47. The number of pyridine rings is 2. The molecule has 1 unspecified atom stereocenters. The lowest BCUT2D eigenvalue weighted by atomic mass is 9.84. The van der Waals surface area contributed by atoms with E-state index in [-0.39, 0.29) is 16.9 Å². The van der Waals surface area contributed by atoms with Crippen LogP contribution in [0.5, 0.6) is 0 Å². The second-order valence-corrected chi connectivity index (χ2v) is 13.9. The molecule has 0 saturated heterocycles. The lowest BCUT2D eigenvalue weighted by molar-refractivity contribution is -0.685. The van der Waals surface area contributed by atoms with Gasteiger partial charge >= 0.3 is 0 Å². The minimum atomic E-state index is 0.00943. The number of aryl methyl sites for hydroxylation is 2. The Bertz CT molecular complexity index is 1600. The molecule has 0 amide bonds. The highest BCUT2D eigenvalue weighted by atomic mass is 16.5. The summed E-state index contributed by atoms with van der Waals surface area (Å²) < 4.78 is 11.3.